The van der Waals surface area contributed by atoms with E-state index in [0.717, 1.165) is 33.3 Å². The topological polar surface area (TPSA) is 65.0 Å². The molecule has 0 saturated heterocycles. The molecule has 0 bridgehead atoms. The number of carbonyl (C=O) groups is 1. The Hall–Kier alpha value is -0.324. The zero-order chi connectivity index (χ0) is 23.1. The van der Waals surface area contributed by atoms with Gasteiger partial charge in [-0.3, -0.25) is 4.79 Å². The second-order valence-electron chi connectivity index (χ2n) is 7.44. The number of hydrogen-bond acceptors (Lipinski definition) is 5. The monoisotopic (exact) mass is 676 g/mol. The number of rotatable bonds is 11. The van der Waals surface area contributed by atoms with E-state index in [1.54, 1.807) is 6.92 Å². The minimum atomic E-state index is -0.597. The molecule has 0 radical (unpaired) electrons. The fourth-order valence-corrected chi connectivity index (χ4v) is 3.20. The van der Waals surface area contributed by atoms with Gasteiger partial charge in [0.15, 0.2) is 0 Å². The molecular weight excluding hydrogens is 644 g/mol. The van der Waals surface area contributed by atoms with Crippen molar-refractivity contribution in [3.8, 4) is 11.5 Å². The fourth-order valence-electron chi connectivity index (χ4n) is 2.45. The van der Waals surface area contributed by atoms with Crippen molar-refractivity contribution >= 4 is 60.9 Å². The third-order valence-electron chi connectivity index (χ3n) is 3.89. The van der Waals surface area contributed by atoms with Crippen LogP contribution in [-0.4, -0.2) is 59.6 Å². The molecule has 2 rings (SSSR count). The number of hydrogen-bond donors (Lipinski definition) is 1. The summed E-state index contributed by atoms with van der Waals surface area (Å²) in [6.45, 7) is 7.02. The van der Waals surface area contributed by atoms with Gasteiger partial charge >= 0.3 is 29.0 Å². The second-order valence-corrected chi connectivity index (χ2v) is 9.27. The molecular formula is C25H35Br3MgO5. The van der Waals surface area contributed by atoms with Gasteiger partial charge in [-0.2, -0.15) is 0 Å². The Morgan fingerprint density at radius 1 is 0.941 bits per heavy atom. The predicted octanol–water partition coefficient (Wildman–Crippen LogP) is 3.62. The summed E-state index contributed by atoms with van der Waals surface area (Å²) >= 11 is 6.74. The first kappa shape index (κ1) is 38.2. The Kier molecular flexibility index (Phi) is 24.6. The van der Waals surface area contributed by atoms with E-state index in [1.807, 2.05) is 62.4 Å². The summed E-state index contributed by atoms with van der Waals surface area (Å²) in [5, 5.41) is 9.50. The number of aliphatic hydroxyl groups is 1. The van der Waals surface area contributed by atoms with Gasteiger partial charge in [0.1, 0.15) is 11.5 Å². The first-order valence-electron chi connectivity index (χ1n) is 10.3. The van der Waals surface area contributed by atoms with Crippen LogP contribution < -0.4 is 26.5 Å². The van der Waals surface area contributed by atoms with Gasteiger partial charge in [0, 0.05) is 15.4 Å². The van der Waals surface area contributed by atoms with Crippen LogP contribution in [-0.2, 0) is 9.53 Å². The van der Waals surface area contributed by atoms with Crippen LogP contribution in [0.4, 0.5) is 0 Å². The average molecular weight is 680 g/mol. The first-order valence-corrected chi connectivity index (χ1v) is 11.9. The van der Waals surface area contributed by atoms with Gasteiger partial charge in [-0.15, -0.1) is 0 Å². The maximum absolute atomic E-state index is 11.0. The molecule has 0 heterocycles. The Balaban J connectivity index is -0.000000520. The molecule has 34 heavy (non-hydrogen) atoms. The van der Waals surface area contributed by atoms with Crippen molar-refractivity contribution in [2.45, 2.75) is 52.1 Å². The van der Waals surface area contributed by atoms with E-state index >= 15 is 0 Å². The van der Waals surface area contributed by atoms with Crippen molar-refractivity contribution in [2.75, 3.05) is 19.8 Å². The summed E-state index contributed by atoms with van der Waals surface area (Å²) in [5.74, 6) is 1.50. The van der Waals surface area contributed by atoms with Crippen molar-refractivity contribution < 1.29 is 41.1 Å². The molecule has 0 unspecified atom stereocenters. The van der Waals surface area contributed by atoms with Crippen LogP contribution in [0.2, 0.25) is 0 Å². The van der Waals surface area contributed by atoms with E-state index in [4.69, 9.17) is 14.2 Å². The minimum absolute atomic E-state index is 0. The predicted molar refractivity (Wildman–Crippen MR) is 143 cm³/mol. The largest absolute Gasteiger partial charge is 2.00 e. The molecule has 9 heteroatoms. The zero-order valence-electron chi connectivity index (χ0n) is 20.5. The van der Waals surface area contributed by atoms with Gasteiger partial charge in [-0.25, -0.2) is 0 Å². The quantitative estimate of drug-likeness (QED) is 0.170. The van der Waals surface area contributed by atoms with Gasteiger partial charge < -0.3 is 43.7 Å². The molecule has 1 N–H and O–H groups in total. The summed E-state index contributed by atoms with van der Waals surface area (Å²) < 4.78 is 17.8. The molecule has 0 atom stereocenters. The van der Waals surface area contributed by atoms with Crippen LogP contribution in [0.25, 0.3) is 0 Å². The number of ether oxygens (including phenoxy) is 3. The van der Waals surface area contributed by atoms with E-state index in [-0.39, 0.29) is 53.4 Å². The Morgan fingerprint density at radius 3 is 1.82 bits per heavy atom. The number of halogens is 3. The second kappa shape index (κ2) is 21.9. The van der Waals surface area contributed by atoms with E-state index in [1.165, 1.54) is 0 Å². The van der Waals surface area contributed by atoms with Gasteiger partial charge in [0.2, 0.25) is 0 Å². The average Bonchev–Trinajstić information content (AvgIpc) is 2.69. The van der Waals surface area contributed by atoms with Crippen molar-refractivity contribution in [3.63, 3.8) is 0 Å². The summed E-state index contributed by atoms with van der Waals surface area (Å²) in [6, 6.07) is 15.4. The van der Waals surface area contributed by atoms with Crippen LogP contribution >= 0.6 is 31.9 Å². The molecule has 0 spiro atoms. The molecule has 0 aliphatic rings. The van der Waals surface area contributed by atoms with Crippen molar-refractivity contribution in [1.82, 2.24) is 0 Å². The van der Waals surface area contributed by atoms with Crippen molar-refractivity contribution in [3.05, 3.63) is 64.9 Å². The third-order valence-corrected chi connectivity index (χ3v) is 4.88. The first-order chi connectivity index (χ1) is 14.7. The SMILES string of the molecule is CC(C)(O)CCCOc1cccc(Br)c1.CCOC(=O)CCCOc1cccc(Br)c1.[Br-].[CH3-].[Mg+2]. The van der Waals surface area contributed by atoms with Crippen LogP contribution in [0.5, 0.6) is 11.5 Å². The van der Waals surface area contributed by atoms with Gasteiger partial charge in [0.25, 0.3) is 0 Å². The molecule has 0 aliphatic carbocycles. The number of esters is 1. The molecule has 188 valence electrons. The van der Waals surface area contributed by atoms with Gasteiger partial charge in [-0.05, 0) is 76.4 Å². The Bertz CT molecular complexity index is 785. The normalized spacial score (nSPS) is 9.71. The van der Waals surface area contributed by atoms with Crippen LogP contribution in [0, 0.1) is 7.43 Å². The maximum Gasteiger partial charge on any atom is 2.00 e. The van der Waals surface area contributed by atoms with E-state index in [9.17, 15) is 9.90 Å². The van der Waals surface area contributed by atoms with E-state index in [2.05, 4.69) is 31.9 Å². The van der Waals surface area contributed by atoms with Crippen LogP contribution in [0.1, 0.15) is 46.5 Å². The smallest absolute Gasteiger partial charge is 1.00 e. The Morgan fingerprint density at radius 2 is 1.41 bits per heavy atom. The van der Waals surface area contributed by atoms with Gasteiger partial charge in [-0.1, -0.05) is 44.0 Å². The summed E-state index contributed by atoms with van der Waals surface area (Å²) in [6.07, 6.45) is 2.68. The number of carbonyl (C=O) groups excluding carboxylic acids is 1. The summed E-state index contributed by atoms with van der Waals surface area (Å²) in [7, 11) is 0. The molecule has 0 aromatic heterocycles. The van der Waals surface area contributed by atoms with Gasteiger partial charge in [0.05, 0.1) is 25.4 Å². The summed E-state index contributed by atoms with van der Waals surface area (Å²) in [4.78, 5) is 11.0. The summed E-state index contributed by atoms with van der Waals surface area (Å²) in [5.41, 5.74) is -0.597. The molecule has 2 aromatic rings. The standard InChI is InChI=1S/C12H15BrO3.C12H17BrO2.CH3.BrH.Mg/c1-2-15-12(14)7-4-8-16-11-6-3-5-10(13)9-11;1-12(2,14)7-4-8-15-11-6-3-5-10(13)9-11;;;/h3,5-6,9H,2,4,7-8H2,1H3;3,5-6,9,14H,4,7-8H2,1-2H3;1H3;1H;/q;;-1;;+2/p-1. The maximum atomic E-state index is 11.0. The number of benzene rings is 2. The van der Waals surface area contributed by atoms with Crippen LogP contribution in [0.15, 0.2) is 57.5 Å². The fraction of sp³-hybridized carbons (Fsp3) is 0.440. The molecule has 0 aliphatic heterocycles. The molecule has 0 saturated carbocycles. The van der Waals surface area contributed by atoms with E-state index < -0.39 is 5.60 Å². The molecule has 0 fully saturated rings. The zero-order valence-corrected chi connectivity index (χ0v) is 26.7. The van der Waals surface area contributed by atoms with Crippen molar-refractivity contribution in [2.24, 2.45) is 0 Å². The van der Waals surface area contributed by atoms with E-state index in [0.29, 0.717) is 32.7 Å². The van der Waals surface area contributed by atoms with Crippen LogP contribution in [0.3, 0.4) is 0 Å². The Labute approximate surface area is 248 Å². The molecule has 2 aromatic carbocycles. The molecule has 5 nitrogen and oxygen atoms in total. The minimum Gasteiger partial charge on any atom is -1.00 e. The molecule has 0 amide bonds. The van der Waals surface area contributed by atoms with Crippen molar-refractivity contribution in [1.29, 1.82) is 0 Å². The third kappa shape index (κ3) is 21.0.